The zero-order chi connectivity index (χ0) is 20.4. The molecule has 1 N–H and O–H groups in total. The fraction of sp³-hybridized carbons (Fsp3) is 0.286. The lowest BCUT2D eigenvalue weighted by molar-refractivity contribution is -0.133. The van der Waals surface area contributed by atoms with Crippen molar-refractivity contribution in [1.82, 2.24) is 0 Å². The van der Waals surface area contributed by atoms with E-state index >= 15 is 0 Å². The number of ether oxygens (including phenoxy) is 4. The lowest BCUT2D eigenvalue weighted by Gasteiger charge is -2.13. The maximum Gasteiger partial charge on any atom is 0.341 e. The number of anilines is 1. The molecule has 150 valence electrons. The van der Waals surface area contributed by atoms with Crippen molar-refractivity contribution < 1.29 is 28.1 Å². The van der Waals surface area contributed by atoms with Gasteiger partial charge in [0.1, 0.15) is 23.7 Å². The van der Waals surface area contributed by atoms with Gasteiger partial charge >= 0.3 is 5.97 Å². The van der Waals surface area contributed by atoms with Crippen molar-refractivity contribution in [1.29, 1.82) is 0 Å². The zero-order valence-electron chi connectivity index (χ0n) is 16.2. The van der Waals surface area contributed by atoms with Crippen LogP contribution in [0.15, 0.2) is 48.7 Å². The smallest absolute Gasteiger partial charge is 0.341 e. The number of methoxy groups -OCH3 is 3. The van der Waals surface area contributed by atoms with E-state index in [1.54, 1.807) is 31.4 Å². The number of carbonyl (C=O) groups is 1. The van der Waals surface area contributed by atoms with Gasteiger partial charge in [-0.2, -0.15) is 0 Å². The highest BCUT2D eigenvalue weighted by atomic mass is 19.1. The molecule has 28 heavy (non-hydrogen) atoms. The van der Waals surface area contributed by atoms with Gasteiger partial charge in [0, 0.05) is 19.7 Å². The molecule has 0 unspecified atom stereocenters. The van der Waals surface area contributed by atoms with Crippen LogP contribution in [0.4, 0.5) is 10.1 Å². The van der Waals surface area contributed by atoms with Crippen molar-refractivity contribution in [3.63, 3.8) is 0 Å². The number of hydrogen-bond donors (Lipinski definition) is 1. The Balaban J connectivity index is 2.14. The molecule has 0 fully saturated rings. The third kappa shape index (κ3) is 5.72. The van der Waals surface area contributed by atoms with E-state index in [0.717, 1.165) is 5.56 Å². The van der Waals surface area contributed by atoms with Gasteiger partial charge < -0.3 is 24.3 Å². The Labute approximate surface area is 163 Å². The molecule has 0 saturated heterocycles. The van der Waals surface area contributed by atoms with Crippen LogP contribution in [-0.2, 0) is 25.6 Å². The monoisotopic (exact) mass is 389 g/mol. The Bertz CT molecular complexity index is 822. The SMILES string of the molecule is CO/C=C(/C(=O)OC)c1ccccc1COc1ccc(NCCOC)c(F)c1. The number of rotatable bonds is 10. The Morgan fingerprint density at radius 2 is 1.93 bits per heavy atom. The van der Waals surface area contributed by atoms with Crippen LogP contribution in [0.5, 0.6) is 5.75 Å². The molecule has 2 aromatic carbocycles. The van der Waals surface area contributed by atoms with Crippen LogP contribution in [-0.4, -0.2) is 40.5 Å². The van der Waals surface area contributed by atoms with E-state index in [9.17, 15) is 9.18 Å². The molecule has 0 heterocycles. The van der Waals surface area contributed by atoms with Gasteiger partial charge in [-0.3, -0.25) is 0 Å². The minimum absolute atomic E-state index is 0.143. The topological polar surface area (TPSA) is 66.0 Å². The predicted octanol–water partition coefficient (Wildman–Crippen LogP) is 3.62. The van der Waals surface area contributed by atoms with Crippen LogP contribution in [0.25, 0.3) is 5.57 Å². The highest BCUT2D eigenvalue weighted by molar-refractivity contribution is 6.16. The molecule has 0 aliphatic heterocycles. The molecule has 0 aliphatic carbocycles. The van der Waals surface area contributed by atoms with E-state index in [-0.39, 0.29) is 12.2 Å². The second kappa shape index (κ2) is 10.9. The Kier molecular flexibility index (Phi) is 8.30. The maximum absolute atomic E-state index is 14.2. The summed E-state index contributed by atoms with van der Waals surface area (Å²) < 4.78 is 34.7. The Morgan fingerprint density at radius 3 is 2.61 bits per heavy atom. The largest absolute Gasteiger partial charge is 0.503 e. The summed E-state index contributed by atoms with van der Waals surface area (Å²) in [7, 11) is 4.34. The fourth-order valence-electron chi connectivity index (χ4n) is 2.54. The Hall–Kier alpha value is -3.06. The van der Waals surface area contributed by atoms with Gasteiger partial charge in [0.15, 0.2) is 0 Å². The first kappa shape index (κ1) is 21.2. The zero-order valence-corrected chi connectivity index (χ0v) is 16.2. The normalized spacial score (nSPS) is 11.1. The van der Waals surface area contributed by atoms with Crippen molar-refractivity contribution in [3.05, 3.63) is 65.7 Å². The third-order valence-electron chi connectivity index (χ3n) is 3.91. The van der Waals surface area contributed by atoms with E-state index in [1.807, 2.05) is 12.1 Å². The first-order valence-electron chi connectivity index (χ1n) is 8.65. The predicted molar refractivity (Wildman–Crippen MR) is 105 cm³/mol. The van der Waals surface area contributed by atoms with Crippen LogP contribution in [0.2, 0.25) is 0 Å². The number of halogens is 1. The fourth-order valence-corrected chi connectivity index (χ4v) is 2.54. The highest BCUT2D eigenvalue weighted by Gasteiger charge is 2.17. The van der Waals surface area contributed by atoms with E-state index in [4.69, 9.17) is 18.9 Å². The number of benzene rings is 2. The van der Waals surface area contributed by atoms with Gasteiger partial charge in [-0.1, -0.05) is 24.3 Å². The summed E-state index contributed by atoms with van der Waals surface area (Å²) in [6, 6.07) is 11.8. The van der Waals surface area contributed by atoms with Crippen LogP contribution in [0.3, 0.4) is 0 Å². The molecule has 6 nitrogen and oxygen atoms in total. The van der Waals surface area contributed by atoms with Crippen molar-refractivity contribution in [3.8, 4) is 5.75 Å². The minimum atomic E-state index is -0.521. The number of esters is 1. The van der Waals surface area contributed by atoms with Crippen LogP contribution < -0.4 is 10.1 Å². The summed E-state index contributed by atoms with van der Waals surface area (Å²) in [5.74, 6) is -0.566. The lowest BCUT2D eigenvalue weighted by atomic mass is 10.0. The molecule has 0 aliphatic rings. The molecular weight excluding hydrogens is 365 g/mol. The van der Waals surface area contributed by atoms with Crippen molar-refractivity contribution in [2.45, 2.75) is 6.61 Å². The first-order chi connectivity index (χ1) is 13.6. The summed E-state index contributed by atoms with van der Waals surface area (Å²) in [5.41, 5.74) is 2.00. The second-order valence-electron chi connectivity index (χ2n) is 5.77. The number of nitrogens with one attached hydrogen (secondary N) is 1. The number of carbonyl (C=O) groups excluding carboxylic acids is 1. The standard InChI is InChI=1S/C21H24FNO5/c1-25-11-10-23-20-9-8-16(12-19(20)22)28-13-15-6-4-5-7-17(15)18(14-26-2)21(24)27-3/h4-9,12,14,23H,10-11,13H2,1-3H3/b18-14+. The van der Waals surface area contributed by atoms with Crippen LogP contribution >= 0.6 is 0 Å². The summed E-state index contributed by atoms with van der Waals surface area (Å²) in [6.45, 7) is 1.12. The molecule has 2 aromatic rings. The lowest BCUT2D eigenvalue weighted by Crippen LogP contribution is -2.09. The van der Waals surface area contributed by atoms with E-state index in [1.165, 1.54) is 26.5 Å². The minimum Gasteiger partial charge on any atom is -0.503 e. The van der Waals surface area contributed by atoms with Crippen molar-refractivity contribution >= 4 is 17.2 Å². The van der Waals surface area contributed by atoms with Gasteiger partial charge in [-0.05, 0) is 23.3 Å². The highest BCUT2D eigenvalue weighted by Crippen LogP contribution is 2.24. The Morgan fingerprint density at radius 1 is 1.14 bits per heavy atom. The third-order valence-corrected chi connectivity index (χ3v) is 3.91. The van der Waals surface area contributed by atoms with E-state index in [2.05, 4.69) is 5.32 Å². The summed E-state index contributed by atoms with van der Waals surface area (Å²) in [4.78, 5) is 12.0. The average Bonchev–Trinajstić information content (AvgIpc) is 2.72. The van der Waals surface area contributed by atoms with Gasteiger partial charge in [-0.25, -0.2) is 9.18 Å². The molecule has 0 bridgehead atoms. The molecule has 0 saturated carbocycles. The van der Waals surface area contributed by atoms with E-state index in [0.29, 0.717) is 30.2 Å². The van der Waals surface area contributed by atoms with Crippen LogP contribution in [0, 0.1) is 5.82 Å². The molecular formula is C21H24FNO5. The molecule has 0 aromatic heterocycles. The molecule has 0 amide bonds. The molecule has 0 atom stereocenters. The van der Waals surface area contributed by atoms with Gasteiger partial charge in [0.05, 0.1) is 32.8 Å². The summed E-state index contributed by atoms with van der Waals surface area (Å²) in [5, 5.41) is 2.94. The quantitative estimate of drug-likeness (QED) is 0.290. The van der Waals surface area contributed by atoms with Crippen LogP contribution in [0.1, 0.15) is 11.1 Å². The molecule has 0 spiro atoms. The van der Waals surface area contributed by atoms with Gasteiger partial charge in [0.2, 0.25) is 0 Å². The van der Waals surface area contributed by atoms with Crippen molar-refractivity contribution in [2.75, 3.05) is 39.8 Å². The maximum atomic E-state index is 14.2. The van der Waals surface area contributed by atoms with Crippen molar-refractivity contribution in [2.24, 2.45) is 0 Å². The number of hydrogen-bond acceptors (Lipinski definition) is 6. The average molecular weight is 389 g/mol. The summed E-state index contributed by atoms with van der Waals surface area (Å²) >= 11 is 0. The van der Waals surface area contributed by atoms with Gasteiger partial charge in [-0.15, -0.1) is 0 Å². The van der Waals surface area contributed by atoms with E-state index < -0.39 is 11.8 Å². The molecule has 0 radical (unpaired) electrons. The first-order valence-corrected chi connectivity index (χ1v) is 8.65. The summed E-state index contributed by atoms with van der Waals surface area (Å²) in [6.07, 6.45) is 1.32. The molecule has 2 rings (SSSR count). The second-order valence-corrected chi connectivity index (χ2v) is 5.77. The molecule has 7 heteroatoms. The van der Waals surface area contributed by atoms with Gasteiger partial charge in [0.25, 0.3) is 0 Å².